The quantitative estimate of drug-likeness (QED) is 0.828. The topological polar surface area (TPSA) is 66.5 Å². The molecule has 100 valence electrons. The van der Waals surface area contributed by atoms with Crippen LogP contribution in [0.3, 0.4) is 0 Å². The Balaban J connectivity index is 2.30. The van der Waals surface area contributed by atoms with Gasteiger partial charge in [0.05, 0.1) is 5.56 Å². The number of nitrogens with one attached hydrogen (secondary N) is 2. The minimum atomic E-state index is 0.00778. The monoisotopic (exact) mass is 276 g/mol. The largest absolute Gasteiger partial charge is 0.309 e. The SMILES string of the molecule is CC(C)n1c2c(cc(-c3nc(=S)[nH][nH]3)c1=O)CCC2. The summed E-state index contributed by atoms with van der Waals surface area (Å²) in [5.74, 6) is 0.527. The van der Waals surface area contributed by atoms with Crippen molar-refractivity contribution in [2.24, 2.45) is 0 Å². The average Bonchev–Trinajstić information content (AvgIpc) is 2.95. The third-order valence-corrected chi connectivity index (χ3v) is 3.75. The van der Waals surface area contributed by atoms with Crippen LogP contribution >= 0.6 is 12.2 Å². The fourth-order valence-electron chi connectivity index (χ4n) is 2.78. The fraction of sp³-hybridized carbons (Fsp3) is 0.462. The predicted octanol–water partition coefficient (Wildman–Crippen LogP) is 2.37. The molecule has 0 bridgehead atoms. The van der Waals surface area contributed by atoms with Crippen LogP contribution in [0.2, 0.25) is 0 Å². The number of aryl methyl sites for hydroxylation is 1. The molecule has 19 heavy (non-hydrogen) atoms. The van der Waals surface area contributed by atoms with Crippen molar-refractivity contribution >= 4 is 12.2 Å². The highest BCUT2D eigenvalue weighted by molar-refractivity contribution is 7.71. The zero-order valence-electron chi connectivity index (χ0n) is 11.0. The highest BCUT2D eigenvalue weighted by atomic mass is 32.1. The van der Waals surface area contributed by atoms with Gasteiger partial charge in [-0.05, 0) is 57.0 Å². The standard InChI is InChI=1S/C13H16N4OS/c1-7(2)17-10-5-3-4-8(10)6-9(12(17)18)11-14-13(19)16-15-11/h6-7H,3-5H2,1-2H3,(H2,14,15,16,19). The van der Waals surface area contributed by atoms with Crippen LogP contribution < -0.4 is 5.56 Å². The van der Waals surface area contributed by atoms with Crippen LogP contribution in [0, 0.1) is 4.77 Å². The van der Waals surface area contributed by atoms with E-state index in [1.165, 1.54) is 11.3 Å². The summed E-state index contributed by atoms with van der Waals surface area (Å²) in [6.07, 6.45) is 3.13. The number of fused-ring (bicyclic) bond motifs is 1. The van der Waals surface area contributed by atoms with Crippen molar-refractivity contribution in [1.82, 2.24) is 19.7 Å². The second kappa shape index (κ2) is 4.45. The van der Waals surface area contributed by atoms with Gasteiger partial charge in [-0.15, -0.1) is 0 Å². The molecular weight excluding hydrogens is 260 g/mol. The van der Waals surface area contributed by atoms with Crippen molar-refractivity contribution in [3.63, 3.8) is 0 Å². The second-order valence-corrected chi connectivity index (χ2v) is 5.55. The van der Waals surface area contributed by atoms with Crippen LogP contribution in [0.1, 0.15) is 37.6 Å². The van der Waals surface area contributed by atoms with Crippen molar-refractivity contribution in [2.75, 3.05) is 0 Å². The number of aromatic amines is 2. The van der Waals surface area contributed by atoms with E-state index >= 15 is 0 Å². The molecule has 0 aromatic carbocycles. The van der Waals surface area contributed by atoms with Gasteiger partial charge in [0.2, 0.25) is 4.77 Å². The number of pyridine rings is 1. The van der Waals surface area contributed by atoms with Gasteiger partial charge in [-0.1, -0.05) is 0 Å². The van der Waals surface area contributed by atoms with Gasteiger partial charge in [0.1, 0.15) is 0 Å². The molecule has 3 rings (SSSR count). The molecule has 0 spiro atoms. The summed E-state index contributed by atoms with van der Waals surface area (Å²) in [5.41, 5.74) is 3.04. The Kier molecular flexibility index (Phi) is 2.89. The van der Waals surface area contributed by atoms with E-state index in [4.69, 9.17) is 12.2 Å². The lowest BCUT2D eigenvalue weighted by Gasteiger charge is -2.17. The van der Waals surface area contributed by atoms with E-state index in [9.17, 15) is 4.79 Å². The molecule has 1 aliphatic rings. The van der Waals surface area contributed by atoms with Gasteiger partial charge in [-0.25, -0.2) is 0 Å². The molecule has 2 heterocycles. The number of H-pyrrole nitrogens is 2. The Morgan fingerprint density at radius 1 is 1.37 bits per heavy atom. The molecule has 0 saturated heterocycles. The van der Waals surface area contributed by atoms with Gasteiger partial charge >= 0.3 is 0 Å². The molecule has 2 aromatic rings. The average molecular weight is 276 g/mol. The van der Waals surface area contributed by atoms with Gasteiger partial charge in [0.15, 0.2) is 5.82 Å². The number of hydrogen-bond acceptors (Lipinski definition) is 3. The van der Waals surface area contributed by atoms with Gasteiger partial charge in [0.25, 0.3) is 5.56 Å². The van der Waals surface area contributed by atoms with E-state index in [2.05, 4.69) is 15.2 Å². The molecule has 0 unspecified atom stereocenters. The van der Waals surface area contributed by atoms with Crippen molar-refractivity contribution in [1.29, 1.82) is 0 Å². The van der Waals surface area contributed by atoms with Crippen LogP contribution in [0.25, 0.3) is 11.4 Å². The molecule has 0 saturated carbocycles. The molecule has 0 amide bonds. The summed E-state index contributed by atoms with van der Waals surface area (Å²) in [6, 6.07) is 2.12. The zero-order chi connectivity index (χ0) is 13.6. The first kappa shape index (κ1) is 12.3. The lowest BCUT2D eigenvalue weighted by Crippen LogP contribution is -2.27. The van der Waals surface area contributed by atoms with Crippen molar-refractivity contribution in [3.05, 3.63) is 32.4 Å². The zero-order valence-corrected chi connectivity index (χ0v) is 11.8. The van der Waals surface area contributed by atoms with Crippen molar-refractivity contribution in [2.45, 2.75) is 39.2 Å². The first-order valence-electron chi connectivity index (χ1n) is 6.50. The van der Waals surface area contributed by atoms with Crippen LogP contribution in [-0.2, 0) is 12.8 Å². The third kappa shape index (κ3) is 1.96. The molecule has 2 N–H and O–H groups in total. The highest BCUT2D eigenvalue weighted by Crippen LogP contribution is 2.25. The van der Waals surface area contributed by atoms with E-state index in [1.807, 2.05) is 24.5 Å². The van der Waals surface area contributed by atoms with Crippen molar-refractivity contribution in [3.8, 4) is 11.4 Å². The first-order valence-corrected chi connectivity index (χ1v) is 6.91. The maximum atomic E-state index is 12.6. The maximum Gasteiger partial charge on any atom is 0.262 e. The molecule has 0 aliphatic heterocycles. The normalized spacial score (nSPS) is 14.1. The highest BCUT2D eigenvalue weighted by Gasteiger charge is 2.21. The minimum absolute atomic E-state index is 0.00778. The molecule has 1 aliphatic carbocycles. The summed E-state index contributed by atoms with van der Waals surface area (Å²) >= 11 is 4.95. The van der Waals surface area contributed by atoms with Crippen LogP contribution in [0.4, 0.5) is 0 Å². The van der Waals surface area contributed by atoms with Gasteiger partial charge in [-0.2, -0.15) is 4.98 Å². The Hall–Kier alpha value is -1.69. The third-order valence-electron chi connectivity index (χ3n) is 3.56. The van der Waals surface area contributed by atoms with Crippen LogP contribution in [0.15, 0.2) is 10.9 Å². The minimum Gasteiger partial charge on any atom is -0.309 e. The van der Waals surface area contributed by atoms with Crippen molar-refractivity contribution < 1.29 is 0 Å². The predicted molar refractivity (Wildman–Crippen MR) is 75.9 cm³/mol. The fourth-order valence-corrected chi connectivity index (χ4v) is 2.93. The summed E-state index contributed by atoms with van der Waals surface area (Å²) < 4.78 is 2.26. The van der Waals surface area contributed by atoms with E-state index < -0.39 is 0 Å². The molecule has 6 heteroatoms. The lowest BCUT2D eigenvalue weighted by atomic mass is 10.1. The van der Waals surface area contributed by atoms with Crippen LogP contribution in [-0.4, -0.2) is 19.7 Å². The van der Waals surface area contributed by atoms with E-state index in [0.29, 0.717) is 16.2 Å². The van der Waals surface area contributed by atoms with E-state index in [1.54, 1.807) is 0 Å². The molecule has 0 fully saturated rings. The second-order valence-electron chi connectivity index (χ2n) is 5.17. The molecule has 2 aromatic heterocycles. The summed E-state index contributed by atoms with van der Waals surface area (Å²) in [5, 5.41) is 5.61. The Bertz CT molecular complexity index is 738. The number of rotatable bonds is 2. The lowest BCUT2D eigenvalue weighted by molar-refractivity contribution is 0.555. The summed E-state index contributed by atoms with van der Waals surface area (Å²) in [6.45, 7) is 4.08. The molecule has 5 nitrogen and oxygen atoms in total. The summed E-state index contributed by atoms with van der Waals surface area (Å²) in [4.78, 5) is 16.8. The molecular formula is C13H16N4OS. The van der Waals surface area contributed by atoms with E-state index in [-0.39, 0.29) is 11.6 Å². The molecule has 0 atom stereocenters. The number of nitrogens with zero attached hydrogens (tertiary/aromatic N) is 2. The smallest absolute Gasteiger partial charge is 0.262 e. The maximum absolute atomic E-state index is 12.6. The Morgan fingerprint density at radius 2 is 2.16 bits per heavy atom. The number of hydrogen-bond donors (Lipinski definition) is 2. The van der Waals surface area contributed by atoms with Gasteiger partial charge < -0.3 is 4.57 Å². The van der Waals surface area contributed by atoms with Crippen LogP contribution in [0.5, 0.6) is 0 Å². The Labute approximate surface area is 115 Å². The summed E-state index contributed by atoms with van der Waals surface area (Å²) in [7, 11) is 0. The van der Waals surface area contributed by atoms with E-state index in [0.717, 1.165) is 19.3 Å². The first-order chi connectivity index (χ1) is 9.08. The number of aromatic nitrogens is 4. The van der Waals surface area contributed by atoms with Gasteiger partial charge in [-0.3, -0.25) is 15.0 Å². The van der Waals surface area contributed by atoms with Gasteiger partial charge in [0, 0.05) is 11.7 Å². The Morgan fingerprint density at radius 3 is 2.79 bits per heavy atom. The molecule has 0 radical (unpaired) electrons.